The van der Waals surface area contributed by atoms with Crippen LogP contribution in [0.5, 0.6) is 0 Å². The van der Waals surface area contributed by atoms with Gasteiger partial charge < -0.3 is 0 Å². The highest BCUT2D eigenvalue weighted by Crippen LogP contribution is 2.21. The lowest BCUT2D eigenvalue weighted by Gasteiger charge is -2.20. The van der Waals surface area contributed by atoms with Crippen LogP contribution in [0.4, 0.5) is 4.39 Å². The van der Waals surface area contributed by atoms with Gasteiger partial charge in [0.2, 0.25) is 0 Å². The smallest absolute Gasteiger partial charge is 0.269 e. The van der Waals surface area contributed by atoms with Crippen molar-refractivity contribution in [2.75, 3.05) is 6.54 Å². The molecule has 0 radical (unpaired) electrons. The predicted octanol–water partition coefficient (Wildman–Crippen LogP) is 2.58. The van der Waals surface area contributed by atoms with Crippen LogP contribution < -0.4 is 5.32 Å². The van der Waals surface area contributed by atoms with E-state index in [4.69, 9.17) is 5.26 Å². The third-order valence-electron chi connectivity index (χ3n) is 2.08. The van der Waals surface area contributed by atoms with E-state index in [0.717, 1.165) is 0 Å². The SMILES string of the molecule is CC(C)CNC(F)(C#N)c1ccccc1. The first-order chi connectivity index (χ1) is 7.08. The van der Waals surface area contributed by atoms with E-state index in [2.05, 4.69) is 5.32 Å². The second kappa shape index (κ2) is 4.90. The van der Waals surface area contributed by atoms with Crippen molar-refractivity contribution in [2.45, 2.75) is 19.6 Å². The Labute approximate surface area is 89.7 Å². The Morgan fingerprint density at radius 1 is 1.40 bits per heavy atom. The monoisotopic (exact) mass is 206 g/mol. The molecule has 1 N–H and O–H groups in total. The molecular formula is C12H15FN2. The van der Waals surface area contributed by atoms with E-state index in [9.17, 15) is 4.39 Å². The Bertz CT molecular complexity index is 342. The molecule has 1 rings (SSSR count). The zero-order valence-electron chi connectivity index (χ0n) is 9.00. The van der Waals surface area contributed by atoms with Crippen molar-refractivity contribution in [1.82, 2.24) is 5.32 Å². The molecule has 1 atom stereocenters. The van der Waals surface area contributed by atoms with Crippen molar-refractivity contribution in [1.29, 1.82) is 5.26 Å². The average Bonchev–Trinajstić information content (AvgIpc) is 2.27. The topological polar surface area (TPSA) is 35.8 Å². The molecule has 0 bridgehead atoms. The van der Waals surface area contributed by atoms with Gasteiger partial charge in [-0.25, -0.2) is 4.39 Å². The molecule has 15 heavy (non-hydrogen) atoms. The maximum Gasteiger partial charge on any atom is 0.274 e. The minimum Gasteiger partial charge on any atom is -0.269 e. The van der Waals surface area contributed by atoms with Crippen LogP contribution in [0.15, 0.2) is 30.3 Å². The van der Waals surface area contributed by atoms with E-state index in [1.807, 2.05) is 13.8 Å². The molecule has 0 saturated carbocycles. The highest BCUT2D eigenvalue weighted by Gasteiger charge is 2.30. The van der Waals surface area contributed by atoms with Crippen molar-refractivity contribution < 1.29 is 4.39 Å². The fourth-order valence-electron chi connectivity index (χ4n) is 1.22. The molecular weight excluding hydrogens is 191 g/mol. The van der Waals surface area contributed by atoms with E-state index >= 15 is 0 Å². The molecule has 1 aromatic carbocycles. The normalized spacial score (nSPS) is 14.6. The van der Waals surface area contributed by atoms with Gasteiger partial charge in [0.05, 0.1) is 0 Å². The molecule has 0 spiro atoms. The molecule has 0 amide bonds. The summed E-state index contributed by atoms with van der Waals surface area (Å²) in [5.74, 6) is -1.77. The predicted molar refractivity (Wildman–Crippen MR) is 57.7 cm³/mol. The fraction of sp³-hybridized carbons (Fsp3) is 0.417. The number of hydrogen-bond donors (Lipinski definition) is 1. The van der Waals surface area contributed by atoms with Crippen LogP contribution in [0.3, 0.4) is 0 Å². The first-order valence-corrected chi connectivity index (χ1v) is 4.99. The summed E-state index contributed by atoms with van der Waals surface area (Å²) in [4.78, 5) is 0. The zero-order chi connectivity index (χ0) is 11.3. The molecule has 1 aromatic rings. The molecule has 1 unspecified atom stereocenters. The van der Waals surface area contributed by atoms with Gasteiger partial charge >= 0.3 is 0 Å². The van der Waals surface area contributed by atoms with Gasteiger partial charge in [0.15, 0.2) is 0 Å². The Morgan fingerprint density at radius 3 is 2.47 bits per heavy atom. The number of nitrogens with one attached hydrogen (secondary N) is 1. The summed E-state index contributed by atoms with van der Waals surface area (Å²) in [6, 6.07) is 10.1. The van der Waals surface area contributed by atoms with Gasteiger partial charge in [0.1, 0.15) is 6.07 Å². The second-order valence-electron chi connectivity index (χ2n) is 3.91. The Morgan fingerprint density at radius 2 is 2.00 bits per heavy atom. The first-order valence-electron chi connectivity index (χ1n) is 4.99. The number of benzene rings is 1. The van der Waals surface area contributed by atoms with Crippen LogP contribution in [0.1, 0.15) is 19.4 Å². The lowest BCUT2D eigenvalue weighted by atomic mass is 10.1. The lowest BCUT2D eigenvalue weighted by Crippen LogP contribution is -2.38. The fourth-order valence-corrected chi connectivity index (χ4v) is 1.22. The first kappa shape index (κ1) is 11.7. The zero-order valence-corrected chi connectivity index (χ0v) is 9.00. The van der Waals surface area contributed by atoms with Crippen LogP contribution in [0, 0.1) is 17.2 Å². The van der Waals surface area contributed by atoms with Gasteiger partial charge in [-0.3, -0.25) is 5.32 Å². The Kier molecular flexibility index (Phi) is 3.81. The number of halogens is 1. The van der Waals surface area contributed by atoms with Crippen molar-refractivity contribution >= 4 is 0 Å². The lowest BCUT2D eigenvalue weighted by molar-refractivity contribution is 0.180. The molecule has 0 fully saturated rings. The molecule has 3 heteroatoms. The molecule has 0 aliphatic heterocycles. The maximum atomic E-state index is 14.1. The van der Waals surface area contributed by atoms with Crippen molar-refractivity contribution in [3.8, 4) is 6.07 Å². The molecule has 0 heterocycles. The highest BCUT2D eigenvalue weighted by atomic mass is 19.1. The minimum atomic E-state index is -2.08. The summed E-state index contributed by atoms with van der Waals surface area (Å²) in [7, 11) is 0. The van der Waals surface area contributed by atoms with Crippen LogP contribution in [-0.2, 0) is 5.79 Å². The highest BCUT2D eigenvalue weighted by molar-refractivity contribution is 5.27. The number of alkyl halides is 1. The molecule has 0 aromatic heterocycles. The summed E-state index contributed by atoms with van der Waals surface area (Å²) in [6.45, 7) is 4.41. The van der Waals surface area contributed by atoms with Crippen LogP contribution in [-0.4, -0.2) is 6.54 Å². The summed E-state index contributed by atoms with van der Waals surface area (Å²) >= 11 is 0. The van der Waals surface area contributed by atoms with E-state index in [1.165, 1.54) is 0 Å². The van der Waals surface area contributed by atoms with Gasteiger partial charge in [-0.2, -0.15) is 5.26 Å². The number of rotatable bonds is 4. The molecule has 2 nitrogen and oxygen atoms in total. The summed E-state index contributed by atoms with van der Waals surface area (Å²) < 4.78 is 14.1. The van der Waals surface area contributed by atoms with Crippen LogP contribution >= 0.6 is 0 Å². The number of hydrogen-bond acceptors (Lipinski definition) is 2. The third kappa shape index (κ3) is 3.03. The summed E-state index contributed by atoms with van der Waals surface area (Å²) in [6.07, 6.45) is 0. The molecule has 0 aliphatic carbocycles. The van der Waals surface area contributed by atoms with Crippen molar-refractivity contribution in [3.05, 3.63) is 35.9 Å². The van der Waals surface area contributed by atoms with Gasteiger partial charge in [-0.15, -0.1) is 0 Å². The average molecular weight is 206 g/mol. The second-order valence-corrected chi connectivity index (χ2v) is 3.91. The van der Waals surface area contributed by atoms with Gasteiger partial charge in [0, 0.05) is 12.1 Å². The van der Waals surface area contributed by atoms with E-state index in [1.54, 1.807) is 36.4 Å². The Hall–Kier alpha value is -1.40. The van der Waals surface area contributed by atoms with Gasteiger partial charge in [-0.1, -0.05) is 44.2 Å². The standard InChI is InChI=1S/C12H15FN2/c1-10(2)8-15-12(13,9-14)11-6-4-3-5-7-11/h3-7,10,15H,8H2,1-2H3. The third-order valence-corrected chi connectivity index (χ3v) is 2.08. The number of nitriles is 1. The molecule has 80 valence electrons. The van der Waals surface area contributed by atoms with Gasteiger partial charge in [0.25, 0.3) is 5.79 Å². The Balaban J connectivity index is 2.82. The quantitative estimate of drug-likeness (QED) is 0.768. The minimum absolute atomic E-state index is 0.303. The largest absolute Gasteiger partial charge is 0.274 e. The van der Waals surface area contributed by atoms with Gasteiger partial charge in [-0.05, 0) is 5.92 Å². The summed E-state index contributed by atoms with van der Waals surface area (Å²) in [5, 5.41) is 11.5. The van der Waals surface area contributed by atoms with E-state index in [0.29, 0.717) is 18.0 Å². The van der Waals surface area contributed by atoms with Crippen LogP contribution in [0.25, 0.3) is 0 Å². The van der Waals surface area contributed by atoms with Crippen LogP contribution in [0.2, 0.25) is 0 Å². The maximum absolute atomic E-state index is 14.1. The van der Waals surface area contributed by atoms with Crippen molar-refractivity contribution in [2.24, 2.45) is 5.92 Å². The van der Waals surface area contributed by atoms with Crippen molar-refractivity contribution in [3.63, 3.8) is 0 Å². The van der Waals surface area contributed by atoms with E-state index < -0.39 is 5.79 Å². The summed E-state index contributed by atoms with van der Waals surface area (Å²) in [5.41, 5.74) is 0.355. The van der Waals surface area contributed by atoms with E-state index in [-0.39, 0.29) is 0 Å². The number of nitrogens with zero attached hydrogens (tertiary/aromatic N) is 1. The molecule has 0 saturated heterocycles. The molecule has 0 aliphatic rings.